The van der Waals surface area contributed by atoms with Crippen molar-refractivity contribution in [3.05, 3.63) is 35.9 Å². The molecule has 140 valence electrons. The Morgan fingerprint density at radius 1 is 1.12 bits per heavy atom. The fraction of sp³-hybridized carbons (Fsp3) is 0.579. The first-order valence-corrected chi connectivity index (χ1v) is 8.91. The van der Waals surface area contributed by atoms with Gasteiger partial charge in [0, 0.05) is 20.6 Å². The Morgan fingerprint density at radius 2 is 1.80 bits per heavy atom. The van der Waals surface area contributed by atoms with Crippen LogP contribution in [0.25, 0.3) is 0 Å². The van der Waals surface area contributed by atoms with Crippen LogP contribution < -0.4 is 10.6 Å². The van der Waals surface area contributed by atoms with Crippen LogP contribution in [0.5, 0.6) is 0 Å². The summed E-state index contributed by atoms with van der Waals surface area (Å²) in [6.45, 7) is 1.80. The summed E-state index contributed by atoms with van der Waals surface area (Å²) in [5, 5.41) is 6.58. The third-order valence-corrected chi connectivity index (χ3v) is 4.45. The SMILES string of the molecule is CN(C)C(=O)CNC(=NCc1ccccc1)NCC1CCCCC1.I. The Morgan fingerprint density at radius 3 is 2.44 bits per heavy atom. The molecule has 5 nitrogen and oxygen atoms in total. The Hall–Kier alpha value is -1.31. The minimum absolute atomic E-state index is 0. The molecule has 6 heteroatoms. The number of hydrogen-bond acceptors (Lipinski definition) is 2. The van der Waals surface area contributed by atoms with E-state index >= 15 is 0 Å². The molecule has 25 heavy (non-hydrogen) atoms. The van der Waals surface area contributed by atoms with E-state index in [4.69, 9.17) is 0 Å². The van der Waals surface area contributed by atoms with Gasteiger partial charge >= 0.3 is 0 Å². The van der Waals surface area contributed by atoms with Crippen LogP contribution >= 0.6 is 24.0 Å². The van der Waals surface area contributed by atoms with E-state index in [1.807, 2.05) is 18.2 Å². The molecule has 2 rings (SSSR count). The fourth-order valence-electron chi connectivity index (χ4n) is 2.88. The summed E-state index contributed by atoms with van der Waals surface area (Å²) in [5.74, 6) is 1.48. The summed E-state index contributed by atoms with van der Waals surface area (Å²) in [7, 11) is 3.53. The van der Waals surface area contributed by atoms with Gasteiger partial charge in [-0.05, 0) is 24.3 Å². The van der Waals surface area contributed by atoms with Crippen molar-refractivity contribution >= 4 is 35.8 Å². The van der Waals surface area contributed by atoms with Crippen LogP contribution in [0.3, 0.4) is 0 Å². The molecule has 1 saturated carbocycles. The van der Waals surface area contributed by atoms with Gasteiger partial charge in [-0.3, -0.25) is 4.79 Å². The summed E-state index contributed by atoms with van der Waals surface area (Å²) in [6, 6.07) is 10.2. The number of carbonyl (C=O) groups is 1. The van der Waals surface area contributed by atoms with Gasteiger partial charge in [-0.15, -0.1) is 24.0 Å². The maximum absolute atomic E-state index is 11.8. The largest absolute Gasteiger partial charge is 0.356 e. The molecule has 0 radical (unpaired) electrons. The van der Waals surface area contributed by atoms with E-state index in [0.29, 0.717) is 12.5 Å². The van der Waals surface area contributed by atoms with Crippen molar-refractivity contribution in [1.29, 1.82) is 0 Å². The number of likely N-dealkylation sites (N-methyl/N-ethyl adjacent to an activating group) is 1. The predicted octanol–water partition coefficient (Wildman–Crippen LogP) is 3.01. The van der Waals surface area contributed by atoms with Crippen molar-refractivity contribution in [3.8, 4) is 0 Å². The minimum Gasteiger partial charge on any atom is -0.356 e. The van der Waals surface area contributed by atoms with Crippen molar-refractivity contribution < 1.29 is 4.79 Å². The second-order valence-corrected chi connectivity index (χ2v) is 6.68. The molecule has 0 bridgehead atoms. The topological polar surface area (TPSA) is 56.7 Å². The number of halogens is 1. The highest BCUT2D eigenvalue weighted by atomic mass is 127. The third kappa shape index (κ3) is 8.56. The van der Waals surface area contributed by atoms with Crippen molar-refractivity contribution in [2.24, 2.45) is 10.9 Å². The predicted molar refractivity (Wildman–Crippen MR) is 114 cm³/mol. The van der Waals surface area contributed by atoms with E-state index in [0.717, 1.165) is 18.1 Å². The third-order valence-electron chi connectivity index (χ3n) is 4.45. The average molecular weight is 458 g/mol. The maximum Gasteiger partial charge on any atom is 0.241 e. The van der Waals surface area contributed by atoms with E-state index in [1.165, 1.54) is 32.1 Å². The molecule has 0 spiro atoms. The number of carbonyl (C=O) groups excluding carboxylic acids is 1. The lowest BCUT2D eigenvalue weighted by Gasteiger charge is -2.23. The first-order valence-electron chi connectivity index (χ1n) is 8.91. The quantitative estimate of drug-likeness (QED) is 0.392. The van der Waals surface area contributed by atoms with E-state index in [-0.39, 0.29) is 36.4 Å². The molecule has 1 aromatic carbocycles. The second kappa shape index (κ2) is 12.1. The Kier molecular flexibility index (Phi) is 10.5. The van der Waals surface area contributed by atoms with Crippen LogP contribution in [-0.2, 0) is 11.3 Å². The Balaban J connectivity index is 0.00000312. The Bertz CT molecular complexity index is 527. The number of nitrogens with one attached hydrogen (secondary N) is 2. The normalized spacial score (nSPS) is 15.2. The van der Waals surface area contributed by atoms with Gasteiger partial charge in [-0.1, -0.05) is 49.6 Å². The van der Waals surface area contributed by atoms with Gasteiger partial charge in [-0.2, -0.15) is 0 Å². The molecule has 0 aromatic heterocycles. The zero-order valence-electron chi connectivity index (χ0n) is 15.3. The van der Waals surface area contributed by atoms with E-state index in [9.17, 15) is 4.79 Å². The van der Waals surface area contributed by atoms with Gasteiger partial charge in [0.15, 0.2) is 5.96 Å². The number of guanidine groups is 1. The van der Waals surface area contributed by atoms with Gasteiger partial charge < -0.3 is 15.5 Å². The molecule has 1 aromatic rings. The van der Waals surface area contributed by atoms with Crippen LogP contribution in [0.1, 0.15) is 37.7 Å². The van der Waals surface area contributed by atoms with Crippen LogP contribution in [0.2, 0.25) is 0 Å². The summed E-state index contributed by atoms with van der Waals surface area (Å²) < 4.78 is 0. The summed E-state index contributed by atoms with van der Waals surface area (Å²) in [5.41, 5.74) is 1.16. The molecule has 0 atom stereocenters. The van der Waals surface area contributed by atoms with E-state index in [2.05, 4.69) is 27.8 Å². The van der Waals surface area contributed by atoms with Crippen LogP contribution in [-0.4, -0.2) is 44.0 Å². The first kappa shape index (κ1) is 21.7. The molecule has 1 amide bonds. The zero-order chi connectivity index (χ0) is 17.2. The van der Waals surface area contributed by atoms with Crippen LogP contribution in [0.4, 0.5) is 0 Å². The van der Waals surface area contributed by atoms with Crippen LogP contribution in [0, 0.1) is 5.92 Å². The number of nitrogens with zero attached hydrogens (tertiary/aromatic N) is 2. The molecule has 0 unspecified atom stereocenters. The summed E-state index contributed by atoms with van der Waals surface area (Å²) >= 11 is 0. The Labute approximate surface area is 168 Å². The van der Waals surface area contributed by atoms with Gasteiger partial charge in [0.05, 0.1) is 13.1 Å². The lowest BCUT2D eigenvalue weighted by Crippen LogP contribution is -2.44. The van der Waals surface area contributed by atoms with Crippen molar-refractivity contribution in [2.45, 2.75) is 38.6 Å². The van der Waals surface area contributed by atoms with Crippen molar-refractivity contribution in [3.63, 3.8) is 0 Å². The van der Waals surface area contributed by atoms with E-state index < -0.39 is 0 Å². The molecule has 0 saturated heterocycles. The first-order chi connectivity index (χ1) is 11.6. The molecular formula is C19H31IN4O. The number of amides is 1. The highest BCUT2D eigenvalue weighted by Crippen LogP contribution is 2.22. The monoisotopic (exact) mass is 458 g/mol. The molecule has 1 fully saturated rings. The molecule has 1 aliphatic carbocycles. The minimum atomic E-state index is 0. The average Bonchev–Trinajstić information content (AvgIpc) is 2.62. The van der Waals surface area contributed by atoms with Gasteiger partial charge in [0.1, 0.15) is 0 Å². The highest BCUT2D eigenvalue weighted by Gasteiger charge is 2.14. The van der Waals surface area contributed by atoms with Gasteiger partial charge in [0.2, 0.25) is 5.91 Å². The van der Waals surface area contributed by atoms with Crippen LogP contribution in [0.15, 0.2) is 35.3 Å². The summed E-state index contributed by atoms with van der Waals surface area (Å²) in [6.07, 6.45) is 6.59. The second-order valence-electron chi connectivity index (χ2n) is 6.68. The fourth-order valence-corrected chi connectivity index (χ4v) is 2.88. The standard InChI is InChI=1S/C19H30N4O.HI/c1-23(2)18(24)15-22-19(20-13-16-9-5-3-6-10-16)21-14-17-11-7-4-8-12-17;/h3,5-6,9-10,17H,4,7-8,11-15H2,1-2H3,(H2,20,21,22);1H. The number of rotatable bonds is 6. The van der Waals surface area contributed by atoms with Crippen molar-refractivity contribution in [1.82, 2.24) is 15.5 Å². The van der Waals surface area contributed by atoms with E-state index in [1.54, 1.807) is 19.0 Å². The van der Waals surface area contributed by atoms with Gasteiger partial charge in [-0.25, -0.2) is 4.99 Å². The number of aliphatic imine (C=N–C) groups is 1. The summed E-state index contributed by atoms with van der Waals surface area (Å²) in [4.78, 5) is 18.0. The lowest BCUT2D eigenvalue weighted by molar-refractivity contribution is -0.127. The molecule has 0 aliphatic heterocycles. The lowest BCUT2D eigenvalue weighted by atomic mass is 9.89. The highest BCUT2D eigenvalue weighted by molar-refractivity contribution is 14.0. The molecule has 2 N–H and O–H groups in total. The number of hydrogen-bond donors (Lipinski definition) is 2. The van der Waals surface area contributed by atoms with Crippen molar-refractivity contribution in [2.75, 3.05) is 27.2 Å². The smallest absolute Gasteiger partial charge is 0.241 e. The molecular weight excluding hydrogens is 427 g/mol. The number of benzene rings is 1. The molecule has 0 heterocycles. The molecule has 1 aliphatic rings. The maximum atomic E-state index is 11.8. The zero-order valence-corrected chi connectivity index (χ0v) is 17.7. The van der Waals surface area contributed by atoms with Gasteiger partial charge in [0.25, 0.3) is 0 Å².